The molecule has 1 N–H and O–H groups in total. The highest BCUT2D eigenvalue weighted by Gasteiger charge is 2.24. The molecule has 0 saturated heterocycles. The maximum atomic E-state index is 9.69. The summed E-state index contributed by atoms with van der Waals surface area (Å²) in [6.07, 6.45) is -0.892. The third kappa shape index (κ3) is 2.59. The summed E-state index contributed by atoms with van der Waals surface area (Å²) in [6, 6.07) is 7.53. The van der Waals surface area contributed by atoms with Crippen LogP contribution >= 0.6 is 0 Å². The first kappa shape index (κ1) is 11.5. The lowest BCUT2D eigenvalue weighted by Crippen LogP contribution is -2.22. The Morgan fingerprint density at radius 3 is 2.81 bits per heavy atom. The molecule has 2 rings (SSSR count). The summed E-state index contributed by atoms with van der Waals surface area (Å²) in [5.74, 6) is 0. The van der Waals surface area contributed by atoms with E-state index in [1.54, 1.807) is 0 Å². The van der Waals surface area contributed by atoms with Gasteiger partial charge in [0.1, 0.15) is 0 Å². The summed E-state index contributed by atoms with van der Waals surface area (Å²) < 4.78 is 5.52. The summed E-state index contributed by atoms with van der Waals surface area (Å²) in [4.78, 5) is 9.91. The molecule has 0 aliphatic carbocycles. The largest absolute Gasteiger partial charge is 0.362 e. The van der Waals surface area contributed by atoms with Crippen molar-refractivity contribution < 1.29 is 19.6 Å². The minimum Gasteiger partial charge on any atom is -0.362 e. The van der Waals surface area contributed by atoms with Crippen LogP contribution in [0.15, 0.2) is 24.3 Å². The number of ether oxygens (including phenoxy) is 1. The monoisotopic (exact) mass is 224 g/mol. The minimum atomic E-state index is -1.04. The molecule has 1 heterocycles. The summed E-state index contributed by atoms with van der Waals surface area (Å²) >= 11 is 0. The number of hydrogen-bond acceptors (Lipinski definition) is 4. The van der Waals surface area contributed by atoms with Gasteiger partial charge in [-0.2, -0.15) is 4.89 Å². The van der Waals surface area contributed by atoms with Crippen LogP contribution in [0.5, 0.6) is 0 Å². The van der Waals surface area contributed by atoms with Crippen molar-refractivity contribution in [2.75, 3.05) is 0 Å². The number of fused-ring (bicyclic) bond motifs is 1. The standard InChI is InChI=1S/C12H16O4/c1-8(2)14-11-7-9-5-3-4-6-10(9)12(13)16-15-11/h3-6,8,11-13H,7H2,1-2H3. The number of aliphatic hydroxyl groups is 1. The number of aliphatic hydroxyl groups excluding tert-OH is 1. The fraction of sp³-hybridized carbons (Fsp3) is 0.500. The zero-order valence-electron chi connectivity index (χ0n) is 9.42. The van der Waals surface area contributed by atoms with Crippen molar-refractivity contribution in [3.8, 4) is 0 Å². The first-order valence-electron chi connectivity index (χ1n) is 5.40. The molecule has 0 aromatic heterocycles. The van der Waals surface area contributed by atoms with E-state index in [4.69, 9.17) is 14.5 Å². The van der Waals surface area contributed by atoms with Gasteiger partial charge in [0, 0.05) is 12.0 Å². The van der Waals surface area contributed by atoms with Crippen LogP contribution in [-0.4, -0.2) is 17.5 Å². The van der Waals surface area contributed by atoms with Crippen LogP contribution in [0.2, 0.25) is 0 Å². The van der Waals surface area contributed by atoms with E-state index >= 15 is 0 Å². The molecule has 1 aliphatic heterocycles. The van der Waals surface area contributed by atoms with E-state index in [-0.39, 0.29) is 6.10 Å². The van der Waals surface area contributed by atoms with Crippen LogP contribution in [0.4, 0.5) is 0 Å². The normalized spacial score (nSPS) is 25.2. The summed E-state index contributed by atoms with van der Waals surface area (Å²) in [7, 11) is 0. The Balaban J connectivity index is 2.18. The van der Waals surface area contributed by atoms with Crippen LogP contribution in [0, 0.1) is 0 Å². The molecular weight excluding hydrogens is 208 g/mol. The molecule has 0 amide bonds. The lowest BCUT2D eigenvalue weighted by Gasteiger charge is -2.17. The van der Waals surface area contributed by atoms with Gasteiger partial charge in [-0.25, -0.2) is 4.89 Å². The fourth-order valence-corrected chi connectivity index (χ4v) is 1.72. The second kappa shape index (κ2) is 4.93. The Morgan fingerprint density at radius 1 is 1.31 bits per heavy atom. The second-order valence-electron chi connectivity index (χ2n) is 4.06. The third-order valence-corrected chi connectivity index (χ3v) is 2.39. The predicted molar refractivity (Wildman–Crippen MR) is 57.3 cm³/mol. The lowest BCUT2D eigenvalue weighted by atomic mass is 10.0. The van der Waals surface area contributed by atoms with Crippen LogP contribution in [0.1, 0.15) is 31.3 Å². The average molecular weight is 224 g/mol. The van der Waals surface area contributed by atoms with Gasteiger partial charge in [0.15, 0.2) is 6.29 Å². The molecule has 0 bridgehead atoms. The molecule has 0 spiro atoms. The van der Waals surface area contributed by atoms with Crippen molar-refractivity contribution in [3.63, 3.8) is 0 Å². The van der Waals surface area contributed by atoms with Gasteiger partial charge in [-0.05, 0) is 19.4 Å². The van der Waals surface area contributed by atoms with Gasteiger partial charge in [-0.15, -0.1) is 0 Å². The zero-order valence-corrected chi connectivity index (χ0v) is 9.42. The number of rotatable bonds is 2. The average Bonchev–Trinajstić information content (AvgIpc) is 2.39. The Kier molecular flexibility index (Phi) is 3.56. The van der Waals surface area contributed by atoms with E-state index in [1.165, 1.54) is 0 Å². The van der Waals surface area contributed by atoms with Gasteiger partial charge >= 0.3 is 0 Å². The summed E-state index contributed by atoms with van der Waals surface area (Å²) in [6.45, 7) is 3.85. The molecule has 1 aromatic carbocycles. The smallest absolute Gasteiger partial charge is 0.215 e. The predicted octanol–water partition coefficient (Wildman–Crippen LogP) is 1.93. The lowest BCUT2D eigenvalue weighted by molar-refractivity contribution is -0.431. The number of hydrogen-bond donors (Lipinski definition) is 1. The molecule has 2 unspecified atom stereocenters. The SMILES string of the molecule is CC(C)OC1Cc2ccccc2C(O)OO1. The van der Waals surface area contributed by atoms with Crippen LogP contribution in [0.25, 0.3) is 0 Å². The van der Waals surface area contributed by atoms with E-state index in [2.05, 4.69) is 0 Å². The third-order valence-electron chi connectivity index (χ3n) is 2.39. The molecule has 4 heteroatoms. The molecule has 4 nitrogen and oxygen atoms in total. The summed E-state index contributed by atoms with van der Waals surface area (Å²) in [5, 5.41) is 9.69. The van der Waals surface area contributed by atoms with Crippen LogP contribution in [0.3, 0.4) is 0 Å². The van der Waals surface area contributed by atoms with E-state index in [1.807, 2.05) is 38.1 Å². The molecule has 0 radical (unpaired) electrons. The van der Waals surface area contributed by atoms with Crippen LogP contribution in [-0.2, 0) is 20.9 Å². The highest BCUT2D eigenvalue weighted by Crippen LogP contribution is 2.26. The molecule has 88 valence electrons. The molecular formula is C12H16O4. The number of benzene rings is 1. The highest BCUT2D eigenvalue weighted by molar-refractivity contribution is 5.28. The van der Waals surface area contributed by atoms with Gasteiger partial charge in [0.05, 0.1) is 6.10 Å². The topological polar surface area (TPSA) is 47.9 Å². The molecule has 0 saturated carbocycles. The second-order valence-corrected chi connectivity index (χ2v) is 4.06. The maximum absolute atomic E-state index is 9.69. The molecule has 1 aliphatic rings. The van der Waals surface area contributed by atoms with Crippen molar-refractivity contribution in [2.45, 2.75) is 39.0 Å². The van der Waals surface area contributed by atoms with Gasteiger partial charge in [0.2, 0.25) is 6.29 Å². The highest BCUT2D eigenvalue weighted by atomic mass is 17.2. The molecule has 2 atom stereocenters. The quantitative estimate of drug-likeness (QED) is 0.780. The zero-order chi connectivity index (χ0) is 11.5. The van der Waals surface area contributed by atoms with Crippen molar-refractivity contribution in [3.05, 3.63) is 35.4 Å². The van der Waals surface area contributed by atoms with Gasteiger partial charge in [-0.3, -0.25) is 0 Å². The van der Waals surface area contributed by atoms with E-state index in [9.17, 15) is 5.11 Å². The van der Waals surface area contributed by atoms with Gasteiger partial charge in [0.25, 0.3) is 0 Å². The molecule has 1 aromatic rings. The first-order chi connectivity index (χ1) is 7.66. The first-order valence-corrected chi connectivity index (χ1v) is 5.40. The Hall–Kier alpha value is -0.940. The van der Waals surface area contributed by atoms with Gasteiger partial charge in [-0.1, -0.05) is 24.3 Å². The van der Waals surface area contributed by atoms with E-state index in [0.29, 0.717) is 6.42 Å². The van der Waals surface area contributed by atoms with Crippen molar-refractivity contribution in [1.82, 2.24) is 0 Å². The van der Waals surface area contributed by atoms with E-state index < -0.39 is 12.6 Å². The minimum absolute atomic E-state index is 0.0519. The Bertz CT molecular complexity index is 351. The van der Waals surface area contributed by atoms with E-state index in [0.717, 1.165) is 11.1 Å². The van der Waals surface area contributed by atoms with Crippen molar-refractivity contribution in [1.29, 1.82) is 0 Å². The summed E-state index contributed by atoms with van der Waals surface area (Å²) in [5.41, 5.74) is 1.72. The van der Waals surface area contributed by atoms with Crippen LogP contribution < -0.4 is 0 Å². The van der Waals surface area contributed by atoms with Crippen molar-refractivity contribution >= 4 is 0 Å². The molecule has 0 fully saturated rings. The Labute approximate surface area is 94.7 Å². The molecule has 16 heavy (non-hydrogen) atoms. The van der Waals surface area contributed by atoms with Crippen molar-refractivity contribution in [2.24, 2.45) is 0 Å². The Morgan fingerprint density at radius 2 is 2.06 bits per heavy atom. The fourth-order valence-electron chi connectivity index (χ4n) is 1.72. The van der Waals surface area contributed by atoms with Gasteiger partial charge < -0.3 is 9.84 Å². The maximum Gasteiger partial charge on any atom is 0.215 e.